The molecule has 0 heterocycles. The van der Waals surface area contributed by atoms with Crippen LogP contribution >= 0.6 is 0 Å². The molecule has 0 aliphatic heterocycles. The zero-order valence-corrected chi connectivity index (χ0v) is 21.5. The fourth-order valence-corrected chi connectivity index (χ4v) is 3.90. The lowest BCUT2D eigenvalue weighted by molar-refractivity contribution is -0.129. The fourth-order valence-electron chi connectivity index (χ4n) is 3.90. The molecule has 7 nitrogen and oxygen atoms in total. The number of nitrogens with zero attached hydrogens (tertiary/aromatic N) is 1. The van der Waals surface area contributed by atoms with Crippen molar-refractivity contribution in [2.45, 2.75) is 25.6 Å². The third kappa shape index (κ3) is 8.00. The van der Waals surface area contributed by atoms with Gasteiger partial charge in [-0.15, -0.1) is 0 Å². The predicted octanol–water partition coefficient (Wildman–Crippen LogP) is 4.48. The van der Waals surface area contributed by atoms with Crippen LogP contribution in [0.15, 0.2) is 78.9 Å². The van der Waals surface area contributed by atoms with Gasteiger partial charge in [0.15, 0.2) is 17.6 Å². The number of benzene rings is 3. The third-order valence-electron chi connectivity index (χ3n) is 5.86. The zero-order chi connectivity index (χ0) is 25.8. The number of ether oxygens (including phenoxy) is 4. The van der Waals surface area contributed by atoms with E-state index in [0.717, 1.165) is 11.1 Å². The molecular formula is C29H36N2O5. The number of carbonyl (C=O) groups excluding carboxylic acids is 1. The lowest BCUT2D eigenvalue weighted by atomic mass is 10.1. The topological polar surface area (TPSA) is 69.3 Å². The second-order valence-corrected chi connectivity index (χ2v) is 8.48. The van der Waals surface area contributed by atoms with E-state index in [4.69, 9.17) is 18.9 Å². The monoisotopic (exact) mass is 492 g/mol. The first kappa shape index (κ1) is 27.0. The van der Waals surface area contributed by atoms with Crippen LogP contribution in [0.4, 0.5) is 0 Å². The Labute approximate surface area is 213 Å². The van der Waals surface area contributed by atoms with Gasteiger partial charge in [-0.25, -0.2) is 0 Å². The molecule has 1 N–H and O–H groups in total. The molecule has 0 unspecified atom stereocenters. The maximum absolute atomic E-state index is 13.4. The number of methoxy groups -OCH3 is 3. The van der Waals surface area contributed by atoms with E-state index in [9.17, 15) is 4.79 Å². The van der Waals surface area contributed by atoms with Gasteiger partial charge < -0.3 is 24.3 Å². The van der Waals surface area contributed by atoms with Crippen molar-refractivity contribution < 1.29 is 23.7 Å². The average Bonchev–Trinajstić information content (AvgIpc) is 2.92. The van der Waals surface area contributed by atoms with Crippen LogP contribution < -0.4 is 19.5 Å². The van der Waals surface area contributed by atoms with Crippen molar-refractivity contribution in [1.82, 2.24) is 10.2 Å². The van der Waals surface area contributed by atoms with Gasteiger partial charge in [0.25, 0.3) is 5.91 Å². The predicted molar refractivity (Wildman–Crippen MR) is 141 cm³/mol. The summed E-state index contributed by atoms with van der Waals surface area (Å²) in [7, 11) is 4.90. The first-order valence-corrected chi connectivity index (χ1v) is 12.0. The highest BCUT2D eigenvalue weighted by atomic mass is 16.5. The van der Waals surface area contributed by atoms with Crippen LogP contribution in [0.5, 0.6) is 17.2 Å². The highest BCUT2D eigenvalue weighted by molar-refractivity contribution is 5.81. The minimum Gasteiger partial charge on any atom is -0.493 e. The minimum atomic E-state index is -0.726. The molecule has 7 heteroatoms. The second kappa shape index (κ2) is 14.1. The Morgan fingerprint density at radius 1 is 0.889 bits per heavy atom. The first-order valence-electron chi connectivity index (χ1n) is 12.0. The molecule has 0 radical (unpaired) electrons. The van der Waals surface area contributed by atoms with Crippen molar-refractivity contribution in [3.8, 4) is 17.2 Å². The van der Waals surface area contributed by atoms with E-state index in [1.165, 1.54) is 0 Å². The highest BCUT2D eigenvalue weighted by Crippen LogP contribution is 2.28. The zero-order valence-electron chi connectivity index (χ0n) is 21.5. The molecule has 192 valence electrons. The average molecular weight is 493 g/mol. The maximum atomic E-state index is 13.4. The van der Waals surface area contributed by atoms with Crippen LogP contribution in [0.25, 0.3) is 0 Å². The first-order chi connectivity index (χ1) is 17.5. The standard InChI is InChI=1S/C29H36N2O5/c1-22(24-11-7-5-8-12-24)30-29(32)28(36-25-13-9-6-10-14-25)21-31(17-18-33-2)20-23-15-16-26(34-3)27(19-23)35-4/h5-16,19,22,28H,17-18,20-21H2,1-4H3,(H,30,32)/t22-,28-/m0/s1. The number of hydrogen-bond donors (Lipinski definition) is 1. The van der Waals surface area contributed by atoms with Crippen LogP contribution in [0.3, 0.4) is 0 Å². The molecule has 0 aliphatic rings. The molecule has 3 aromatic carbocycles. The molecule has 0 bridgehead atoms. The molecule has 0 saturated heterocycles. The van der Waals surface area contributed by atoms with Gasteiger partial charge >= 0.3 is 0 Å². The van der Waals surface area contributed by atoms with Crippen LogP contribution in [-0.4, -0.2) is 57.9 Å². The Morgan fingerprint density at radius 2 is 1.56 bits per heavy atom. The number of carbonyl (C=O) groups is 1. The molecule has 0 spiro atoms. The van der Waals surface area contributed by atoms with E-state index >= 15 is 0 Å². The molecule has 0 fully saturated rings. The summed E-state index contributed by atoms with van der Waals surface area (Å²) in [5.41, 5.74) is 2.06. The molecular weight excluding hydrogens is 456 g/mol. The molecule has 3 rings (SSSR count). The van der Waals surface area contributed by atoms with Crippen molar-refractivity contribution in [2.75, 3.05) is 41.0 Å². The van der Waals surface area contributed by atoms with Crippen molar-refractivity contribution in [1.29, 1.82) is 0 Å². The number of amides is 1. The molecule has 0 aliphatic carbocycles. The van der Waals surface area contributed by atoms with E-state index in [0.29, 0.717) is 43.5 Å². The van der Waals surface area contributed by atoms with Crippen molar-refractivity contribution in [3.05, 3.63) is 90.0 Å². The third-order valence-corrected chi connectivity index (χ3v) is 5.86. The summed E-state index contributed by atoms with van der Waals surface area (Å²) in [4.78, 5) is 15.6. The molecule has 1 amide bonds. The van der Waals surface area contributed by atoms with Crippen LogP contribution in [0.2, 0.25) is 0 Å². The molecule has 0 aromatic heterocycles. The summed E-state index contributed by atoms with van der Waals surface area (Å²) in [6, 6.07) is 25.0. The summed E-state index contributed by atoms with van der Waals surface area (Å²) >= 11 is 0. The van der Waals surface area contributed by atoms with E-state index in [1.807, 2.05) is 85.8 Å². The molecule has 3 aromatic rings. The van der Waals surface area contributed by atoms with Gasteiger partial charge in [-0.1, -0.05) is 54.6 Å². The molecule has 36 heavy (non-hydrogen) atoms. The Morgan fingerprint density at radius 3 is 2.19 bits per heavy atom. The van der Waals surface area contributed by atoms with Crippen LogP contribution in [0, 0.1) is 0 Å². The second-order valence-electron chi connectivity index (χ2n) is 8.48. The van der Waals surface area contributed by atoms with Crippen molar-refractivity contribution in [2.24, 2.45) is 0 Å². The van der Waals surface area contributed by atoms with E-state index in [2.05, 4.69) is 10.2 Å². The molecule has 0 saturated carbocycles. The van der Waals surface area contributed by atoms with Gasteiger partial charge in [-0.05, 0) is 42.3 Å². The van der Waals surface area contributed by atoms with Crippen molar-refractivity contribution >= 4 is 5.91 Å². The minimum absolute atomic E-state index is 0.154. The highest BCUT2D eigenvalue weighted by Gasteiger charge is 2.26. The van der Waals surface area contributed by atoms with E-state index in [1.54, 1.807) is 21.3 Å². The number of rotatable bonds is 14. The lowest BCUT2D eigenvalue weighted by Crippen LogP contribution is -2.47. The van der Waals surface area contributed by atoms with E-state index < -0.39 is 6.10 Å². The lowest BCUT2D eigenvalue weighted by Gasteiger charge is -2.28. The van der Waals surface area contributed by atoms with Crippen molar-refractivity contribution in [3.63, 3.8) is 0 Å². The van der Waals surface area contributed by atoms with Gasteiger partial charge in [-0.3, -0.25) is 9.69 Å². The Balaban J connectivity index is 1.80. The summed E-state index contributed by atoms with van der Waals surface area (Å²) < 4.78 is 22.4. The van der Waals surface area contributed by atoms with Gasteiger partial charge in [0.05, 0.1) is 26.9 Å². The summed E-state index contributed by atoms with van der Waals surface area (Å²) in [6.07, 6.45) is -0.726. The SMILES string of the molecule is COCCN(Cc1ccc(OC)c(OC)c1)C[C@H](Oc1ccccc1)C(=O)N[C@@H](C)c1ccccc1. The normalized spacial score (nSPS) is 12.6. The largest absolute Gasteiger partial charge is 0.493 e. The Hall–Kier alpha value is -3.55. The van der Waals surface area contributed by atoms with Crippen LogP contribution in [0.1, 0.15) is 24.1 Å². The quantitative estimate of drug-likeness (QED) is 0.358. The smallest absolute Gasteiger partial charge is 0.262 e. The van der Waals surface area contributed by atoms with E-state index in [-0.39, 0.29) is 11.9 Å². The van der Waals surface area contributed by atoms with Gasteiger partial charge in [-0.2, -0.15) is 0 Å². The summed E-state index contributed by atoms with van der Waals surface area (Å²) in [5.74, 6) is 1.80. The molecule has 2 atom stereocenters. The van der Waals surface area contributed by atoms with Gasteiger partial charge in [0.2, 0.25) is 0 Å². The fraction of sp³-hybridized carbons (Fsp3) is 0.345. The summed E-state index contributed by atoms with van der Waals surface area (Å²) in [6.45, 7) is 4.08. The maximum Gasteiger partial charge on any atom is 0.262 e. The number of hydrogen-bond acceptors (Lipinski definition) is 6. The Bertz CT molecular complexity index is 1060. The van der Waals surface area contributed by atoms with Gasteiger partial charge in [0.1, 0.15) is 5.75 Å². The number of para-hydroxylation sites is 1. The van der Waals surface area contributed by atoms with Crippen LogP contribution in [-0.2, 0) is 16.1 Å². The number of nitrogens with one attached hydrogen (secondary N) is 1. The Kier molecular flexibility index (Phi) is 10.6. The van der Waals surface area contributed by atoms with Gasteiger partial charge in [0, 0.05) is 26.7 Å². The summed E-state index contributed by atoms with van der Waals surface area (Å²) in [5, 5.41) is 3.12.